The lowest BCUT2D eigenvalue weighted by molar-refractivity contribution is -0.281. The number of carbonyl (C=O) groups is 1. The van der Waals surface area contributed by atoms with E-state index in [4.69, 9.17) is 32.7 Å². The van der Waals surface area contributed by atoms with E-state index >= 15 is 0 Å². The van der Waals surface area contributed by atoms with Gasteiger partial charge >= 0.3 is 7.82 Å². The zero-order valence-electron chi connectivity index (χ0n) is 25.9. The normalized spacial score (nSPS) is 30.1. The average Bonchev–Trinajstić information content (AvgIpc) is 3.08. The number of benzene rings is 3. The van der Waals surface area contributed by atoms with E-state index in [1.807, 2.05) is 0 Å². The van der Waals surface area contributed by atoms with Crippen molar-refractivity contribution in [1.82, 2.24) is 0 Å². The average molecular weight is 725 g/mol. The minimum absolute atomic E-state index is 0.0477. The number of hydrogen-bond acceptors (Lipinski definition) is 17. The summed E-state index contributed by atoms with van der Waals surface area (Å²) in [4.78, 5) is 23.5. The Hall–Kier alpha value is -4.20. The van der Waals surface area contributed by atoms with Crippen molar-refractivity contribution >= 4 is 13.6 Å². The lowest BCUT2D eigenvalue weighted by Gasteiger charge is -2.39. The number of phosphoric acid groups is 1. The Morgan fingerprint density at radius 2 is 1.48 bits per heavy atom. The number of aliphatic hydroxyl groups is 5. The number of carbonyl (C=O) groups excluding carboxylic acids is 1. The molecule has 50 heavy (non-hydrogen) atoms. The van der Waals surface area contributed by atoms with Crippen LogP contribution >= 0.6 is 7.82 Å². The number of ketones is 1. The zero-order valence-corrected chi connectivity index (χ0v) is 26.8. The standard InChI is InChI=1S/C31H33O18P/c1-43-18-6-12(2-4-15(18)34)29-22(11-44-50(41,42)49-31-28(40)26(38)24(36)21(10-32)48-31)45-17-5-3-13(7-19(17)46-29)30-27(39)25(37)23-16(35)8-14(33)9-20(23)47-30/h2-9,21-22,24,26-36,38-40H,10-11H2,1H3,(H,41,42)/t21-,22+,24+,26+,27+,28-,29-,30-,31?/m1/s1. The molecule has 1 saturated heterocycles. The van der Waals surface area contributed by atoms with E-state index in [1.165, 1.54) is 43.5 Å². The minimum atomic E-state index is -5.12. The zero-order chi connectivity index (χ0) is 36.1. The molecule has 0 aromatic heterocycles. The summed E-state index contributed by atoms with van der Waals surface area (Å²) in [5, 5.41) is 80.7. The number of hydrogen-bond donors (Lipinski definition) is 9. The number of ether oxygens (including phenoxy) is 5. The molecule has 19 heteroatoms. The molecule has 0 spiro atoms. The maximum absolute atomic E-state index is 13.0. The fourth-order valence-electron chi connectivity index (χ4n) is 5.75. The molecule has 18 nitrogen and oxygen atoms in total. The largest absolute Gasteiger partial charge is 0.508 e. The summed E-state index contributed by atoms with van der Waals surface area (Å²) in [7, 11) is -3.81. The molecule has 0 aliphatic carbocycles. The van der Waals surface area contributed by atoms with E-state index in [2.05, 4.69) is 0 Å². The van der Waals surface area contributed by atoms with Crippen LogP contribution in [0.2, 0.25) is 0 Å². The van der Waals surface area contributed by atoms with Crippen LogP contribution in [0.4, 0.5) is 0 Å². The molecule has 0 radical (unpaired) electrons. The second kappa shape index (κ2) is 13.8. The first-order chi connectivity index (χ1) is 23.7. The predicted molar refractivity (Wildman–Crippen MR) is 163 cm³/mol. The van der Waals surface area contributed by atoms with Crippen LogP contribution in [0.15, 0.2) is 48.5 Å². The van der Waals surface area contributed by atoms with Crippen LogP contribution in [-0.4, -0.2) is 115 Å². The van der Waals surface area contributed by atoms with Crippen molar-refractivity contribution < 1.29 is 87.8 Å². The summed E-state index contributed by atoms with van der Waals surface area (Å²) in [6.45, 7) is -1.51. The third-order valence-corrected chi connectivity index (χ3v) is 9.26. The Labute approximate surface area is 282 Å². The molecular formula is C31H33O18P. The summed E-state index contributed by atoms with van der Waals surface area (Å²) in [5.74, 6) is -1.98. The monoisotopic (exact) mass is 724 g/mol. The van der Waals surface area contributed by atoms with E-state index in [0.29, 0.717) is 5.56 Å². The van der Waals surface area contributed by atoms with Gasteiger partial charge in [0.25, 0.3) is 0 Å². The highest BCUT2D eigenvalue weighted by Crippen LogP contribution is 2.50. The molecule has 0 saturated carbocycles. The molecule has 270 valence electrons. The summed E-state index contributed by atoms with van der Waals surface area (Å²) in [5.41, 5.74) is 0.257. The summed E-state index contributed by atoms with van der Waals surface area (Å²) in [6, 6.07) is 10.5. The first-order valence-corrected chi connectivity index (χ1v) is 16.5. The fourth-order valence-corrected chi connectivity index (χ4v) is 6.59. The third-order valence-electron chi connectivity index (χ3n) is 8.31. The first-order valence-electron chi connectivity index (χ1n) is 15.0. The van der Waals surface area contributed by atoms with E-state index in [9.17, 15) is 55.1 Å². The van der Waals surface area contributed by atoms with Gasteiger partial charge in [-0.3, -0.25) is 13.8 Å². The number of aliphatic hydroxyl groups excluding tert-OH is 5. The van der Waals surface area contributed by atoms with Gasteiger partial charge in [-0.15, -0.1) is 0 Å². The van der Waals surface area contributed by atoms with Gasteiger partial charge in [-0.25, -0.2) is 4.57 Å². The lowest BCUT2D eigenvalue weighted by atomic mass is 9.92. The molecule has 3 aromatic rings. The number of methoxy groups -OCH3 is 1. The Morgan fingerprint density at radius 1 is 0.780 bits per heavy atom. The number of phenols is 3. The number of phenolic OH excluding ortho intramolecular Hbond substituents is 3. The second-order valence-electron chi connectivity index (χ2n) is 11.6. The van der Waals surface area contributed by atoms with Crippen LogP contribution in [0.3, 0.4) is 0 Å². The molecular weight excluding hydrogens is 691 g/mol. The Morgan fingerprint density at radius 3 is 2.20 bits per heavy atom. The van der Waals surface area contributed by atoms with Gasteiger partial charge in [0, 0.05) is 17.7 Å². The summed E-state index contributed by atoms with van der Waals surface area (Å²) < 4.78 is 51.5. The van der Waals surface area contributed by atoms with Crippen molar-refractivity contribution in [3.05, 3.63) is 65.2 Å². The molecule has 0 amide bonds. The Balaban J connectivity index is 1.26. The Bertz CT molecular complexity index is 1800. The van der Waals surface area contributed by atoms with E-state index in [0.717, 1.165) is 12.1 Å². The van der Waals surface area contributed by atoms with Gasteiger partial charge in [0.1, 0.15) is 47.2 Å². The predicted octanol–water partition coefficient (Wildman–Crippen LogP) is 0.304. The van der Waals surface area contributed by atoms with E-state index in [-0.39, 0.29) is 45.6 Å². The number of aromatic hydroxyl groups is 3. The SMILES string of the molecule is COc1cc([C@H]2Oc3cc([C@H]4Oc5cc(O)cc(O)c5C(=O)[C@@H]4O)ccc3O[C@H]2COP(=O)(O)OC2O[C@H](CO)[C@H](O)[C@H](O)[C@H]2O)ccc1O. The highest BCUT2D eigenvalue weighted by atomic mass is 31.2. The van der Waals surface area contributed by atoms with Gasteiger partial charge in [0.15, 0.2) is 53.7 Å². The summed E-state index contributed by atoms with van der Waals surface area (Å²) in [6.07, 6.45) is -14.4. The van der Waals surface area contributed by atoms with Gasteiger partial charge in [-0.2, -0.15) is 0 Å². The third kappa shape index (κ3) is 6.78. The highest BCUT2D eigenvalue weighted by molar-refractivity contribution is 7.47. The van der Waals surface area contributed by atoms with Gasteiger partial charge in [0.05, 0.1) is 20.3 Å². The van der Waals surface area contributed by atoms with Crippen molar-refractivity contribution in [3.63, 3.8) is 0 Å². The minimum Gasteiger partial charge on any atom is -0.508 e. The molecule has 2 unspecified atom stereocenters. The van der Waals surface area contributed by atoms with Crippen LogP contribution in [-0.2, 0) is 18.3 Å². The lowest BCUT2D eigenvalue weighted by Crippen LogP contribution is -2.58. The molecule has 3 aromatic carbocycles. The fraction of sp³-hybridized carbons (Fsp3) is 0.387. The van der Waals surface area contributed by atoms with Gasteiger partial charge < -0.3 is 69.4 Å². The van der Waals surface area contributed by atoms with Crippen LogP contribution in [0.5, 0.6) is 40.2 Å². The number of Topliss-reactive ketones (excluding diaryl/α,β-unsaturated/α-hetero) is 1. The van der Waals surface area contributed by atoms with Crippen LogP contribution < -0.4 is 18.9 Å². The van der Waals surface area contributed by atoms with Crippen molar-refractivity contribution in [2.75, 3.05) is 20.3 Å². The van der Waals surface area contributed by atoms with Crippen LogP contribution in [0.25, 0.3) is 0 Å². The quantitative estimate of drug-likeness (QED) is 0.134. The Kier molecular flexibility index (Phi) is 9.86. The maximum atomic E-state index is 13.0. The molecule has 3 aliphatic heterocycles. The molecule has 6 rings (SSSR count). The topological polar surface area (TPSA) is 281 Å². The number of phosphoric ester groups is 1. The number of fused-ring (bicyclic) bond motifs is 2. The maximum Gasteiger partial charge on any atom is 0.474 e. The number of rotatable bonds is 9. The molecule has 3 aliphatic rings. The van der Waals surface area contributed by atoms with Crippen molar-refractivity contribution in [3.8, 4) is 40.2 Å². The van der Waals surface area contributed by atoms with Gasteiger partial charge in [-0.05, 0) is 29.8 Å². The molecule has 9 N–H and O–H groups in total. The van der Waals surface area contributed by atoms with Crippen LogP contribution in [0.1, 0.15) is 33.7 Å². The van der Waals surface area contributed by atoms with E-state index < -0.39 is 87.7 Å². The molecule has 10 atom stereocenters. The highest BCUT2D eigenvalue weighted by Gasteiger charge is 2.47. The molecule has 3 heterocycles. The van der Waals surface area contributed by atoms with Crippen molar-refractivity contribution in [1.29, 1.82) is 0 Å². The summed E-state index contributed by atoms with van der Waals surface area (Å²) >= 11 is 0. The smallest absolute Gasteiger partial charge is 0.474 e. The van der Waals surface area contributed by atoms with E-state index in [1.54, 1.807) is 0 Å². The molecule has 1 fully saturated rings. The molecule has 0 bridgehead atoms. The van der Waals surface area contributed by atoms with Gasteiger partial charge in [0.2, 0.25) is 5.78 Å². The van der Waals surface area contributed by atoms with Crippen molar-refractivity contribution in [2.24, 2.45) is 0 Å². The van der Waals surface area contributed by atoms with Crippen molar-refractivity contribution in [2.45, 2.75) is 55.1 Å². The first kappa shape index (κ1) is 35.6. The van der Waals surface area contributed by atoms with Crippen LogP contribution in [0, 0.1) is 0 Å². The van der Waals surface area contributed by atoms with Gasteiger partial charge in [-0.1, -0.05) is 12.1 Å². The second-order valence-corrected chi connectivity index (χ2v) is 13.0.